The second-order valence-electron chi connectivity index (χ2n) is 5.26. The molecule has 1 nitrogen and oxygen atoms in total. The zero-order valence-electron chi connectivity index (χ0n) is 10.4. The van der Waals surface area contributed by atoms with E-state index in [2.05, 4.69) is 12.1 Å². The molecular formula is C16H16FN. The Kier molecular flexibility index (Phi) is 2.49. The van der Waals surface area contributed by atoms with Crippen molar-refractivity contribution in [3.63, 3.8) is 0 Å². The number of halogens is 1. The van der Waals surface area contributed by atoms with Crippen molar-refractivity contribution >= 4 is 0 Å². The van der Waals surface area contributed by atoms with Gasteiger partial charge in [-0.05, 0) is 37.0 Å². The van der Waals surface area contributed by atoms with Crippen LogP contribution in [0.5, 0.6) is 0 Å². The van der Waals surface area contributed by atoms with Crippen LogP contribution in [0.25, 0.3) is 0 Å². The van der Waals surface area contributed by atoms with Crippen LogP contribution in [0.4, 0.5) is 4.39 Å². The molecule has 2 aromatic carbocycles. The molecule has 0 fully saturated rings. The smallest absolute Gasteiger partial charge is 0.128 e. The van der Waals surface area contributed by atoms with E-state index < -0.39 is 5.54 Å². The van der Waals surface area contributed by atoms with E-state index in [4.69, 9.17) is 5.73 Å². The SMILES string of the molecule is Cc1ccc(F)c(C2(N)Cc3ccccc3C2)c1. The Hall–Kier alpha value is -1.67. The summed E-state index contributed by atoms with van der Waals surface area (Å²) in [6.07, 6.45) is 1.42. The van der Waals surface area contributed by atoms with Gasteiger partial charge in [0.2, 0.25) is 0 Å². The first-order valence-corrected chi connectivity index (χ1v) is 6.21. The molecular weight excluding hydrogens is 225 g/mol. The van der Waals surface area contributed by atoms with Gasteiger partial charge < -0.3 is 5.73 Å². The summed E-state index contributed by atoms with van der Waals surface area (Å²) in [6, 6.07) is 13.4. The molecule has 0 heterocycles. The lowest BCUT2D eigenvalue weighted by molar-refractivity contribution is 0.442. The van der Waals surface area contributed by atoms with Crippen molar-refractivity contribution in [2.75, 3.05) is 0 Å². The van der Waals surface area contributed by atoms with E-state index in [9.17, 15) is 4.39 Å². The Labute approximate surface area is 106 Å². The zero-order valence-corrected chi connectivity index (χ0v) is 10.4. The van der Waals surface area contributed by atoms with Crippen LogP contribution in [-0.4, -0.2) is 0 Å². The van der Waals surface area contributed by atoms with E-state index in [1.165, 1.54) is 17.2 Å². The largest absolute Gasteiger partial charge is 0.321 e. The van der Waals surface area contributed by atoms with Crippen LogP contribution >= 0.6 is 0 Å². The molecule has 0 radical (unpaired) electrons. The lowest BCUT2D eigenvalue weighted by Crippen LogP contribution is -2.38. The summed E-state index contributed by atoms with van der Waals surface area (Å²) in [7, 11) is 0. The number of fused-ring (bicyclic) bond motifs is 1. The summed E-state index contributed by atoms with van der Waals surface area (Å²) in [6.45, 7) is 1.97. The fraction of sp³-hybridized carbons (Fsp3) is 0.250. The van der Waals surface area contributed by atoms with Crippen molar-refractivity contribution in [2.45, 2.75) is 25.3 Å². The molecule has 0 amide bonds. The van der Waals surface area contributed by atoms with Crippen molar-refractivity contribution in [1.82, 2.24) is 0 Å². The number of nitrogens with two attached hydrogens (primary N) is 1. The summed E-state index contributed by atoms with van der Waals surface area (Å²) in [5.74, 6) is -0.198. The average Bonchev–Trinajstić information content (AvgIpc) is 2.69. The summed E-state index contributed by atoms with van der Waals surface area (Å²) in [5.41, 5.74) is 10.0. The first kappa shape index (κ1) is 11.4. The third-order valence-corrected chi connectivity index (χ3v) is 3.79. The highest BCUT2D eigenvalue weighted by atomic mass is 19.1. The third-order valence-electron chi connectivity index (χ3n) is 3.79. The third kappa shape index (κ3) is 1.73. The Bertz CT molecular complexity index is 579. The predicted octanol–water partition coefficient (Wildman–Crippen LogP) is 3.09. The normalized spacial score (nSPS) is 16.6. The fourth-order valence-electron chi connectivity index (χ4n) is 2.86. The van der Waals surface area contributed by atoms with Crippen LogP contribution in [0.3, 0.4) is 0 Å². The molecule has 0 atom stereocenters. The van der Waals surface area contributed by atoms with Gasteiger partial charge in [0.15, 0.2) is 0 Å². The molecule has 0 aliphatic heterocycles. The van der Waals surface area contributed by atoms with Crippen molar-refractivity contribution in [1.29, 1.82) is 0 Å². The molecule has 0 spiro atoms. The lowest BCUT2D eigenvalue weighted by atomic mass is 9.87. The summed E-state index contributed by atoms with van der Waals surface area (Å²) >= 11 is 0. The van der Waals surface area contributed by atoms with E-state index >= 15 is 0 Å². The van der Waals surface area contributed by atoms with Crippen molar-refractivity contribution in [2.24, 2.45) is 5.73 Å². The molecule has 0 saturated carbocycles. The molecule has 1 aliphatic carbocycles. The van der Waals surface area contributed by atoms with Crippen molar-refractivity contribution in [3.05, 3.63) is 70.5 Å². The van der Waals surface area contributed by atoms with Crippen LogP contribution in [0.1, 0.15) is 22.3 Å². The van der Waals surface area contributed by atoms with Gasteiger partial charge in [0, 0.05) is 5.56 Å². The molecule has 2 N–H and O–H groups in total. The Morgan fingerprint density at radius 1 is 1.06 bits per heavy atom. The quantitative estimate of drug-likeness (QED) is 0.815. The molecule has 3 rings (SSSR count). The number of rotatable bonds is 1. The van der Waals surface area contributed by atoms with Gasteiger partial charge in [-0.3, -0.25) is 0 Å². The van der Waals surface area contributed by atoms with Crippen molar-refractivity contribution in [3.8, 4) is 0 Å². The molecule has 2 heteroatoms. The first-order valence-electron chi connectivity index (χ1n) is 6.21. The van der Waals surface area contributed by atoms with Gasteiger partial charge in [-0.25, -0.2) is 4.39 Å². The van der Waals surface area contributed by atoms with E-state index in [0.29, 0.717) is 18.4 Å². The van der Waals surface area contributed by atoms with E-state index in [1.54, 1.807) is 6.07 Å². The van der Waals surface area contributed by atoms with Gasteiger partial charge in [-0.15, -0.1) is 0 Å². The van der Waals surface area contributed by atoms with E-state index in [0.717, 1.165) is 5.56 Å². The monoisotopic (exact) mass is 241 g/mol. The Morgan fingerprint density at radius 3 is 2.28 bits per heavy atom. The predicted molar refractivity (Wildman–Crippen MR) is 70.9 cm³/mol. The molecule has 2 aromatic rings. The van der Waals surface area contributed by atoms with Gasteiger partial charge in [-0.1, -0.05) is 42.0 Å². The highest BCUT2D eigenvalue weighted by Crippen LogP contribution is 2.36. The molecule has 92 valence electrons. The average molecular weight is 241 g/mol. The summed E-state index contributed by atoms with van der Waals surface area (Å²) in [4.78, 5) is 0. The van der Waals surface area contributed by atoms with Gasteiger partial charge in [0.05, 0.1) is 5.54 Å². The maximum absolute atomic E-state index is 14.0. The van der Waals surface area contributed by atoms with E-state index in [1.807, 2.05) is 25.1 Å². The van der Waals surface area contributed by atoms with Crippen LogP contribution in [-0.2, 0) is 18.4 Å². The number of benzene rings is 2. The van der Waals surface area contributed by atoms with Crippen LogP contribution in [0.15, 0.2) is 42.5 Å². The number of hydrogen-bond donors (Lipinski definition) is 1. The number of aryl methyl sites for hydroxylation is 1. The van der Waals surface area contributed by atoms with Gasteiger partial charge >= 0.3 is 0 Å². The molecule has 0 saturated heterocycles. The van der Waals surface area contributed by atoms with Gasteiger partial charge in [-0.2, -0.15) is 0 Å². The summed E-state index contributed by atoms with van der Waals surface area (Å²) < 4.78 is 14.0. The van der Waals surface area contributed by atoms with Crippen molar-refractivity contribution < 1.29 is 4.39 Å². The second kappa shape index (κ2) is 3.92. The minimum absolute atomic E-state index is 0.198. The molecule has 18 heavy (non-hydrogen) atoms. The lowest BCUT2D eigenvalue weighted by Gasteiger charge is -2.25. The van der Waals surface area contributed by atoms with Crippen LogP contribution in [0.2, 0.25) is 0 Å². The topological polar surface area (TPSA) is 26.0 Å². The molecule has 1 aliphatic rings. The van der Waals surface area contributed by atoms with Crippen LogP contribution < -0.4 is 5.73 Å². The highest BCUT2D eigenvalue weighted by molar-refractivity contribution is 5.42. The van der Waals surface area contributed by atoms with Gasteiger partial charge in [0.25, 0.3) is 0 Å². The maximum Gasteiger partial charge on any atom is 0.128 e. The number of hydrogen-bond acceptors (Lipinski definition) is 1. The van der Waals surface area contributed by atoms with Crippen LogP contribution in [0, 0.1) is 12.7 Å². The Morgan fingerprint density at radius 2 is 1.67 bits per heavy atom. The van der Waals surface area contributed by atoms with E-state index in [-0.39, 0.29) is 5.82 Å². The van der Waals surface area contributed by atoms with Gasteiger partial charge in [0.1, 0.15) is 5.82 Å². The first-order chi connectivity index (χ1) is 8.58. The minimum Gasteiger partial charge on any atom is -0.321 e. The molecule has 0 aromatic heterocycles. The maximum atomic E-state index is 14.0. The summed E-state index contributed by atoms with van der Waals surface area (Å²) in [5, 5.41) is 0. The molecule has 0 bridgehead atoms. The Balaban J connectivity index is 2.06. The fourth-order valence-corrected chi connectivity index (χ4v) is 2.86. The minimum atomic E-state index is -0.597. The highest BCUT2D eigenvalue weighted by Gasteiger charge is 2.36. The standard InChI is InChI=1S/C16H16FN/c1-11-6-7-15(17)14(8-11)16(18)9-12-4-2-3-5-13(12)10-16/h2-8H,9-10,18H2,1H3. The zero-order chi connectivity index (χ0) is 12.8. The second-order valence-corrected chi connectivity index (χ2v) is 5.26. The molecule has 0 unspecified atom stereocenters.